The summed E-state index contributed by atoms with van der Waals surface area (Å²) in [5.74, 6) is -0.631. The lowest BCUT2D eigenvalue weighted by Gasteiger charge is -2.11. The highest BCUT2D eigenvalue weighted by Gasteiger charge is 2.14. The van der Waals surface area contributed by atoms with Gasteiger partial charge in [-0.15, -0.1) is 0 Å². The van der Waals surface area contributed by atoms with Gasteiger partial charge in [0.1, 0.15) is 23.1 Å². The number of ether oxygens (including phenoxy) is 1. The number of carboxylic acids is 1. The van der Waals surface area contributed by atoms with Crippen molar-refractivity contribution in [1.29, 1.82) is 5.26 Å². The Morgan fingerprint density at radius 2 is 2.00 bits per heavy atom. The van der Waals surface area contributed by atoms with E-state index in [1.54, 1.807) is 18.2 Å². The molecule has 0 heterocycles. The van der Waals surface area contributed by atoms with E-state index in [2.05, 4.69) is 0 Å². The Balaban J connectivity index is 2.47. The van der Waals surface area contributed by atoms with E-state index in [-0.39, 0.29) is 22.6 Å². The van der Waals surface area contributed by atoms with Gasteiger partial charge in [-0.25, -0.2) is 4.79 Å². The number of halogens is 1. The Kier molecular flexibility index (Phi) is 3.92. The minimum absolute atomic E-state index is 0.0365. The van der Waals surface area contributed by atoms with Gasteiger partial charge in [-0.3, -0.25) is 0 Å². The molecule has 100 valence electrons. The van der Waals surface area contributed by atoms with E-state index in [4.69, 9.17) is 26.7 Å². The Hall–Kier alpha value is -2.51. The van der Waals surface area contributed by atoms with Gasteiger partial charge < -0.3 is 9.84 Å². The maximum Gasteiger partial charge on any atom is 0.339 e. The minimum atomic E-state index is -1.09. The molecule has 1 N–H and O–H groups in total. The number of carboxylic acid groups (broad SMARTS) is 1. The molecule has 0 saturated heterocycles. The molecule has 0 spiro atoms. The Labute approximate surface area is 120 Å². The first-order valence-electron chi connectivity index (χ1n) is 5.72. The van der Waals surface area contributed by atoms with Crippen LogP contribution in [0.5, 0.6) is 11.5 Å². The van der Waals surface area contributed by atoms with Crippen LogP contribution < -0.4 is 4.74 Å². The molecule has 0 atom stereocenters. The van der Waals surface area contributed by atoms with Crippen LogP contribution in [0.2, 0.25) is 5.02 Å². The molecule has 0 bridgehead atoms. The van der Waals surface area contributed by atoms with Gasteiger partial charge in [0.05, 0.1) is 5.56 Å². The fourth-order valence-electron chi connectivity index (χ4n) is 1.69. The van der Waals surface area contributed by atoms with Crippen molar-refractivity contribution in [2.24, 2.45) is 0 Å². The molecule has 0 amide bonds. The third-order valence-corrected chi connectivity index (χ3v) is 2.88. The summed E-state index contributed by atoms with van der Waals surface area (Å²) in [7, 11) is 0. The number of aromatic carboxylic acids is 1. The maximum atomic E-state index is 11.2. The van der Waals surface area contributed by atoms with Crippen LogP contribution in [0.15, 0.2) is 36.4 Å². The van der Waals surface area contributed by atoms with Crippen molar-refractivity contribution in [3.63, 3.8) is 0 Å². The lowest BCUT2D eigenvalue weighted by molar-refractivity contribution is 0.0694. The number of hydrogen-bond donors (Lipinski definition) is 1. The number of rotatable bonds is 3. The third kappa shape index (κ3) is 2.90. The summed E-state index contributed by atoms with van der Waals surface area (Å²) < 4.78 is 5.57. The van der Waals surface area contributed by atoms with Crippen LogP contribution in [0, 0.1) is 18.3 Å². The molecule has 4 nitrogen and oxygen atoms in total. The summed E-state index contributed by atoms with van der Waals surface area (Å²) in [4.78, 5) is 11.2. The normalized spacial score (nSPS) is 9.85. The second kappa shape index (κ2) is 5.64. The van der Waals surface area contributed by atoms with Crippen molar-refractivity contribution in [2.45, 2.75) is 6.92 Å². The molecule has 0 fully saturated rings. The lowest BCUT2D eigenvalue weighted by Crippen LogP contribution is -2.01. The Morgan fingerprint density at radius 1 is 1.25 bits per heavy atom. The van der Waals surface area contributed by atoms with Crippen LogP contribution in [-0.4, -0.2) is 11.1 Å². The fourth-order valence-corrected chi connectivity index (χ4v) is 1.86. The molecule has 5 heteroatoms. The zero-order chi connectivity index (χ0) is 14.7. The van der Waals surface area contributed by atoms with Crippen LogP contribution in [0.25, 0.3) is 0 Å². The molecule has 2 rings (SSSR count). The highest BCUT2D eigenvalue weighted by molar-refractivity contribution is 6.30. The third-order valence-electron chi connectivity index (χ3n) is 2.65. The van der Waals surface area contributed by atoms with Crippen LogP contribution in [-0.2, 0) is 0 Å². The van der Waals surface area contributed by atoms with Crippen LogP contribution in [0.4, 0.5) is 0 Å². The van der Waals surface area contributed by atoms with E-state index in [0.29, 0.717) is 5.02 Å². The molecule has 0 aliphatic carbocycles. The zero-order valence-corrected chi connectivity index (χ0v) is 11.3. The molecule has 2 aromatic carbocycles. The molecular formula is C15H10ClNO3. The standard InChI is InChI=1S/C15H10ClNO3/c1-9-2-4-12(15(18)19)14(6-9)20-13-5-3-11(16)7-10(13)8-17/h2-7H,1H3,(H,18,19). The van der Waals surface area contributed by atoms with Gasteiger partial charge in [0.15, 0.2) is 0 Å². The van der Waals surface area contributed by atoms with Crippen molar-refractivity contribution in [3.05, 3.63) is 58.1 Å². The molecule has 0 aromatic heterocycles. The first-order valence-corrected chi connectivity index (χ1v) is 6.10. The van der Waals surface area contributed by atoms with E-state index in [1.165, 1.54) is 18.2 Å². The van der Waals surface area contributed by atoms with Crippen LogP contribution >= 0.6 is 11.6 Å². The minimum Gasteiger partial charge on any atom is -0.478 e. The number of hydrogen-bond acceptors (Lipinski definition) is 3. The molecule has 0 aliphatic rings. The Morgan fingerprint density at radius 3 is 2.65 bits per heavy atom. The smallest absolute Gasteiger partial charge is 0.339 e. The zero-order valence-electron chi connectivity index (χ0n) is 10.6. The summed E-state index contributed by atoms with van der Waals surface area (Å²) in [6, 6.07) is 11.3. The SMILES string of the molecule is Cc1ccc(C(=O)O)c(Oc2ccc(Cl)cc2C#N)c1. The summed E-state index contributed by atoms with van der Waals surface area (Å²) in [6.07, 6.45) is 0. The number of nitrogens with zero attached hydrogens (tertiary/aromatic N) is 1. The molecule has 0 aliphatic heterocycles. The van der Waals surface area contributed by atoms with E-state index < -0.39 is 5.97 Å². The first kappa shape index (κ1) is 13.9. The van der Waals surface area contributed by atoms with Crippen molar-refractivity contribution in [2.75, 3.05) is 0 Å². The van der Waals surface area contributed by atoms with Crippen molar-refractivity contribution in [1.82, 2.24) is 0 Å². The average molecular weight is 288 g/mol. The van der Waals surface area contributed by atoms with Gasteiger partial charge in [-0.2, -0.15) is 5.26 Å². The predicted octanol–water partition coefficient (Wildman–Crippen LogP) is 4.01. The second-order valence-corrected chi connectivity index (χ2v) is 4.60. The quantitative estimate of drug-likeness (QED) is 0.926. The molecule has 20 heavy (non-hydrogen) atoms. The number of aryl methyl sites for hydroxylation is 1. The summed E-state index contributed by atoms with van der Waals surface area (Å²) in [5.41, 5.74) is 1.14. The summed E-state index contributed by atoms with van der Waals surface area (Å²) in [6.45, 7) is 1.82. The van der Waals surface area contributed by atoms with E-state index in [0.717, 1.165) is 5.56 Å². The molecule has 0 unspecified atom stereocenters. The van der Waals surface area contributed by atoms with Gasteiger partial charge in [-0.05, 0) is 42.8 Å². The molecule has 0 radical (unpaired) electrons. The van der Waals surface area contributed by atoms with Crippen molar-refractivity contribution < 1.29 is 14.6 Å². The Bertz CT molecular complexity index is 720. The van der Waals surface area contributed by atoms with Crippen LogP contribution in [0.3, 0.4) is 0 Å². The van der Waals surface area contributed by atoms with Gasteiger partial charge in [0, 0.05) is 5.02 Å². The largest absolute Gasteiger partial charge is 0.478 e. The highest BCUT2D eigenvalue weighted by atomic mass is 35.5. The molecular weight excluding hydrogens is 278 g/mol. The number of benzene rings is 2. The highest BCUT2D eigenvalue weighted by Crippen LogP contribution is 2.30. The first-order chi connectivity index (χ1) is 9.51. The van der Waals surface area contributed by atoms with Gasteiger partial charge in [-0.1, -0.05) is 17.7 Å². The van der Waals surface area contributed by atoms with E-state index >= 15 is 0 Å². The monoisotopic (exact) mass is 287 g/mol. The lowest BCUT2D eigenvalue weighted by atomic mass is 10.1. The summed E-state index contributed by atoms with van der Waals surface area (Å²) >= 11 is 5.80. The second-order valence-electron chi connectivity index (χ2n) is 4.16. The predicted molar refractivity (Wildman–Crippen MR) is 74.4 cm³/mol. The van der Waals surface area contributed by atoms with Gasteiger partial charge in [0.2, 0.25) is 0 Å². The van der Waals surface area contributed by atoms with Crippen LogP contribution in [0.1, 0.15) is 21.5 Å². The average Bonchev–Trinajstić information content (AvgIpc) is 2.40. The van der Waals surface area contributed by atoms with Crippen molar-refractivity contribution in [3.8, 4) is 17.6 Å². The fraction of sp³-hybridized carbons (Fsp3) is 0.0667. The topological polar surface area (TPSA) is 70.3 Å². The van der Waals surface area contributed by atoms with Gasteiger partial charge in [0.25, 0.3) is 0 Å². The summed E-state index contributed by atoms with van der Waals surface area (Å²) in [5, 5.41) is 18.6. The molecule has 0 saturated carbocycles. The van der Waals surface area contributed by atoms with E-state index in [9.17, 15) is 4.79 Å². The van der Waals surface area contributed by atoms with Crippen molar-refractivity contribution >= 4 is 17.6 Å². The van der Waals surface area contributed by atoms with Gasteiger partial charge >= 0.3 is 5.97 Å². The molecule has 2 aromatic rings. The maximum absolute atomic E-state index is 11.2. The van der Waals surface area contributed by atoms with E-state index in [1.807, 2.05) is 13.0 Å². The number of carbonyl (C=O) groups is 1. The number of nitriles is 1.